The van der Waals surface area contributed by atoms with Crippen molar-refractivity contribution in [1.82, 2.24) is 4.90 Å². The van der Waals surface area contributed by atoms with Crippen molar-refractivity contribution in [3.8, 4) is 0 Å². The van der Waals surface area contributed by atoms with E-state index in [4.69, 9.17) is 4.42 Å². The molecule has 2 aromatic rings. The molecule has 122 valence electrons. The molecule has 2 atom stereocenters. The molecule has 1 aromatic heterocycles. The van der Waals surface area contributed by atoms with Gasteiger partial charge >= 0.3 is 6.18 Å². The van der Waals surface area contributed by atoms with Crippen molar-refractivity contribution in [1.29, 1.82) is 0 Å². The van der Waals surface area contributed by atoms with E-state index in [1.807, 2.05) is 0 Å². The van der Waals surface area contributed by atoms with Gasteiger partial charge in [0.1, 0.15) is 0 Å². The van der Waals surface area contributed by atoms with Crippen LogP contribution in [0.2, 0.25) is 0 Å². The number of aliphatic hydroxyl groups is 1. The van der Waals surface area contributed by atoms with Crippen LogP contribution in [0.15, 0.2) is 47.1 Å². The maximum atomic E-state index is 12.9. The summed E-state index contributed by atoms with van der Waals surface area (Å²) in [5.41, 5.74) is -0.432. The quantitative estimate of drug-likeness (QED) is 0.922. The lowest BCUT2D eigenvalue weighted by Crippen LogP contribution is -2.31. The molecule has 1 aliphatic heterocycles. The number of hydrogen-bond donors (Lipinski definition) is 1. The standard InChI is InChI=1S/C16H14F3NO3/c17-16(18,19)11-4-1-3-10(7-11)13-8-12(21)9-20(13)15(22)14-5-2-6-23-14/h1-7,12-13,21H,8-9H2/t12-,13-/m0/s1. The molecule has 0 aliphatic carbocycles. The number of nitrogens with zero attached hydrogens (tertiary/aromatic N) is 1. The number of likely N-dealkylation sites (tertiary alicyclic amines) is 1. The minimum Gasteiger partial charge on any atom is -0.459 e. The van der Waals surface area contributed by atoms with E-state index in [9.17, 15) is 23.1 Å². The molecule has 1 amide bonds. The number of furan rings is 1. The van der Waals surface area contributed by atoms with Crippen LogP contribution in [0, 0.1) is 0 Å². The zero-order valence-electron chi connectivity index (χ0n) is 12.0. The van der Waals surface area contributed by atoms with Crippen LogP contribution in [0.3, 0.4) is 0 Å². The van der Waals surface area contributed by atoms with Gasteiger partial charge in [-0.25, -0.2) is 0 Å². The van der Waals surface area contributed by atoms with Crippen LogP contribution in [-0.2, 0) is 6.18 Å². The molecule has 23 heavy (non-hydrogen) atoms. The van der Waals surface area contributed by atoms with Crippen molar-refractivity contribution in [2.75, 3.05) is 6.54 Å². The largest absolute Gasteiger partial charge is 0.459 e. The SMILES string of the molecule is O=C(c1ccco1)N1C[C@@H](O)C[C@H]1c1cccc(C(F)(F)F)c1. The van der Waals surface area contributed by atoms with Gasteiger partial charge < -0.3 is 14.4 Å². The van der Waals surface area contributed by atoms with Crippen LogP contribution in [0.1, 0.15) is 34.1 Å². The first-order chi connectivity index (χ1) is 10.9. The van der Waals surface area contributed by atoms with Crippen molar-refractivity contribution < 1.29 is 27.5 Å². The number of alkyl halides is 3. The number of amides is 1. The summed E-state index contributed by atoms with van der Waals surface area (Å²) < 4.78 is 43.6. The Balaban J connectivity index is 1.92. The molecule has 0 unspecified atom stereocenters. The third-order valence-corrected chi connectivity index (χ3v) is 3.87. The van der Waals surface area contributed by atoms with Gasteiger partial charge in [0.05, 0.1) is 24.0 Å². The molecule has 1 saturated heterocycles. The Morgan fingerprint density at radius 3 is 2.70 bits per heavy atom. The molecule has 0 radical (unpaired) electrons. The third kappa shape index (κ3) is 3.10. The zero-order chi connectivity index (χ0) is 16.6. The molecule has 2 heterocycles. The average molecular weight is 325 g/mol. The van der Waals surface area contributed by atoms with E-state index >= 15 is 0 Å². The third-order valence-electron chi connectivity index (χ3n) is 3.87. The van der Waals surface area contributed by atoms with Gasteiger partial charge in [-0.1, -0.05) is 12.1 Å². The average Bonchev–Trinajstić information content (AvgIpc) is 3.15. The van der Waals surface area contributed by atoms with Gasteiger partial charge in [-0.15, -0.1) is 0 Å². The Hall–Kier alpha value is -2.28. The van der Waals surface area contributed by atoms with Crippen LogP contribution >= 0.6 is 0 Å². The van der Waals surface area contributed by atoms with Crippen LogP contribution in [0.4, 0.5) is 13.2 Å². The summed E-state index contributed by atoms with van der Waals surface area (Å²) in [5, 5.41) is 9.86. The Morgan fingerprint density at radius 2 is 2.04 bits per heavy atom. The van der Waals surface area contributed by atoms with Crippen LogP contribution in [0.5, 0.6) is 0 Å². The predicted octanol–water partition coefficient (Wildman–Crippen LogP) is 3.25. The van der Waals surface area contributed by atoms with Gasteiger partial charge in [-0.05, 0) is 36.2 Å². The Labute approximate surface area is 130 Å². The first kappa shape index (κ1) is 15.6. The van der Waals surface area contributed by atoms with E-state index in [0.29, 0.717) is 5.56 Å². The predicted molar refractivity (Wildman–Crippen MR) is 74.6 cm³/mol. The summed E-state index contributed by atoms with van der Waals surface area (Å²) >= 11 is 0. The molecule has 1 aliphatic rings. The van der Waals surface area contributed by atoms with E-state index in [1.165, 1.54) is 29.4 Å². The number of rotatable bonds is 2. The zero-order valence-corrected chi connectivity index (χ0v) is 12.0. The fourth-order valence-corrected chi connectivity index (χ4v) is 2.82. The van der Waals surface area contributed by atoms with Gasteiger partial charge in [0.15, 0.2) is 5.76 Å². The van der Waals surface area contributed by atoms with Gasteiger partial charge in [-0.3, -0.25) is 4.79 Å². The number of benzene rings is 1. The van der Waals surface area contributed by atoms with Gasteiger partial charge in [0.25, 0.3) is 5.91 Å². The molecule has 1 fully saturated rings. The van der Waals surface area contributed by atoms with Crippen molar-refractivity contribution in [3.05, 3.63) is 59.5 Å². The molecule has 4 nitrogen and oxygen atoms in total. The topological polar surface area (TPSA) is 53.7 Å². The van der Waals surface area contributed by atoms with E-state index in [-0.39, 0.29) is 18.7 Å². The van der Waals surface area contributed by atoms with E-state index in [1.54, 1.807) is 6.07 Å². The lowest BCUT2D eigenvalue weighted by Gasteiger charge is -2.24. The second kappa shape index (κ2) is 5.73. The normalized spacial score (nSPS) is 21.7. The summed E-state index contributed by atoms with van der Waals surface area (Å²) in [6.07, 6.45) is -3.70. The highest BCUT2D eigenvalue weighted by Gasteiger charge is 2.38. The van der Waals surface area contributed by atoms with Gasteiger partial charge in [0, 0.05) is 6.54 Å². The molecule has 0 spiro atoms. The monoisotopic (exact) mass is 325 g/mol. The van der Waals surface area contributed by atoms with Crippen LogP contribution < -0.4 is 0 Å². The maximum Gasteiger partial charge on any atom is 0.416 e. The van der Waals surface area contributed by atoms with E-state index in [2.05, 4.69) is 0 Å². The minimum atomic E-state index is -4.46. The smallest absolute Gasteiger partial charge is 0.416 e. The first-order valence-electron chi connectivity index (χ1n) is 7.06. The fourth-order valence-electron chi connectivity index (χ4n) is 2.82. The highest BCUT2D eigenvalue weighted by atomic mass is 19.4. The Bertz CT molecular complexity index is 697. The van der Waals surface area contributed by atoms with Gasteiger partial charge in [0.2, 0.25) is 0 Å². The number of β-amino-alcohol motifs (C(OH)–C–C–N with tert-alkyl or cyclic N) is 1. The highest BCUT2D eigenvalue weighted by molar-refractivity contribution is 5.92. The Morgan fingerprint density at radius 1 is 1.26 bits per heavy atom. The second-order valence-electron chi connectivity index (χ2n) is 5.46. The molecule has 3 rings (SSSR count). The van der Waals surface area contributed by atoms with E-state index in [0.717, 1.165) is 12.1 Å². The van der Waals surface area contributed by atoms with Crippen molar-refractivity contribution in [3.63, 3.8) is 0 Å². The summed E-state index contributed by atoms with van der Waals surface area (Å²) in [7, 11) is 0. The highest BCUT2D eigenvalue weighted by Crippen LogP contribution is 2.36. The number of carbonyl (C=O) groups excluding carboxylic acids is 1. The Kier molecular flexibility index (Phi) is 3.89. The van der Waals surface area contributed by atoms with Crippen molar-refractivity contribution >= 4 is 5.91 Å². The van der Waals surface area contributed by atoms with E-state index < -0.39 is 29.8 Å². The number of hydrogen-bond acceptors (Lipinski definition) is 3. The summed E-state index contributed by atoms with van der Waals surface area (Å²) in [5.74, 6) is -0.356. The van der Waals surface area contributed by atoms with Crippen molar-refractivity contribution in [2.24, 2.45) is 0 Å². The van der Waals surface area contributed by atoms with Crippen LogP contribution in [0.25, 0.3) is 0 Å². The number of aliphatic hydroxyl groups excluding tert-OH is 1. The van der Waals surface area contributed by atoms with Crippen molar-refractivity contribution in [2.45, 2.75) is 24.7 Å². The van der Waals surface area contributed by atoms with Crippen LogP contribution in [-0.4, -0.2) is 28.6 Å². The molecule has 1 N–H and O–H groups in total. The minimum absolute atomic E-state index is 0.0560. The molecular formula is C16H14F3NO3. The fraction of sp³-hybridized carbons (Fsp3) is 0.312. The maximum absolute atomic E-state index is 12.9. The number of halogens is 3. The number of carbonyl (C=O) groups is 1. The second-order valence-corrected chi connectivity index (χ2v) is 5.46. The summed E-state index contributed by atoms with van der Waals surface area (Å²) in [4.78, 5) is 13.8. The first-order valence-corrected chi connectivity index (χ1v) is 7.06. The summed E-state index contributed by atoms with van der Waals surface area (Å²) in [6.45, 7) is 0.0560. The molecule has 7 heteroatoms. The summed E-state index contributed by atoms with van der Waals surface area (Å²) in [6, 6.07) is 7.25. The molecule has 0 bridgehead atoms. The molecular weight excluding hydrogens is 311 g/mol. The molecule has 1 aromatic carbocycles. The van der Waals surface area contributed by atoms with Gasteiger partial charge in [-0.2, -0.15) is 13.2 Å². The lowest BCUT2D eigenvalue weighted by molar-refractivity contribution is -0.137. The molecule has 0 saturated carbocycles. The lowest BCUT2D eigenvalue weighted by atomic mass is 10.0.